The van der Waals surface area contributed by atoms with Gasteiger partial charge in [0.15, 0.2) is 0 Å². The van der Waals surface area contributed by atoms with E-state index in [1.54, 1.807) is 6.07 Å². The minimum absolute atomic E-state index is 0.0865. The van der Waals surface area contributed by atoms with Crippen LogP contribution in [0.5, 0.6) is 5.75 Å². The van der Waals surface area contributed by atoms with Crippen molar-refractivity contribution in [2.24, 2.45) is 28.6 Å². The molecule has 0 radical (unpaired) electrons. The first-order valence-corrected chi connectivity index (χ1v) is 18.8. The van der Waals surface area contributed by atoms with Crippen molar-refractivity contribution in [3.05, 3.63) is 29.3 Å². The van der Waals surface area contributed by atoms with Crippen LogP contribution < -0.4 is 0 Å². The molecule has 1 aromatic rings. The van der Waals surface area contributed by atoms with Gasteiger partial charge in [0, 0.05) is 34.1 Å². The van der Waals surface area contributed by atoms with E-state index in [-0.39, 0.29) is 28.4 Å². The maximum atomic E-state index is 13.7. The summed E-state index contributed by atoms with van der Waals surface area (Å²) in [4.78, 5) is 0. The number of aliphatic hydroxyl groups excluding tert-OH is 1. The molecule has 274 valence electrons. The normalized spacial score (nSPS) is 30.5. The van der Waals surface area contributed by atoms with Crippen molar-refractivity contribution >= 4 is 10.8 Å². The van der Waals surface area contributed by atoms with E-state index in [9.17, 15) is 53.9 Å². The molecule has 48 heavy (non-hydrogen) atoms. The van der Waals surface area contributed by atoms with Gasteiger partial charge in [-0.15, -0.1) is 0 Å². The quantitative estimate of drug-likeness (QED) is 0.140. The van der Waals surface area contributed by atoms with Gasteiger partial charge < -0.3 is 10.2 Å². The summed E-state index contributed by atoms with van der Waals surface area (Å²) in [6.07, 6.45) is 3.77. The molecule has 0 saturated heterocycles. The molecule has 3 fully saturated rings. The Bertz CT molecular complexity index is 1310. The van der Waals surface area contributed by atoms with Gasteiger partial charge in [0.1, 0.15) is 5.75 Å². The van der Waals surface area contributed by atoms with E-state index in [0.717, 1.165) is 77.0 Å². The summed E-state index contributed by atoms with van der Waals surface area (Å²) in [6.45, 7) is 2.42. The first-order valence-electron chi connectivity index (χ1n) is 17.3. The lowest BCUT2D eigenvalue weighted by molar-refractivity contribution is -0.396. The number of unbranched alkanes of at least 4 members (excludes halogenated alkanes) is 6. The smallest absolute Gasteiger partial charge is 0.460 e. The monoisotopic (exact) mass is 718 g/mol. The van der Waals surface area contributed by atoms with Crippen molar-refractivity contribution in [1.82, 2.24) is 0 Å². The van der Waals surface area contributed by atoms with Gasteiger partial charge in [0.25, 0.3) is 0 Å². The van der Waals surface area contributed by atoms with Crippen LogP contribution in [0.15, 0.2) is 18.2 Å². The van der Waals surface area contributed by atoms with Crippen LogP contribution in [-0.4, -0.2) is 56.0 Å². The standard InChI is InChI=1S/C35H47F9O3S/c1-30-13-12-26-25-11-10-24(45)20-23(25)19-22(29(26)27(30)21-28(46)31(30)14-15-31)9-7-5-3-2-4-6-8-17-48(47)18-16-32(36,37)33(38,39)34(40,41)35(42,43)44/h10-11,20,22,26-29,45-46H,2-9,12-19,21H2,1H3/t22?,26?,27?,28-,29?,30+,48?/m1/s1. The summed E-state index contributed by atoms with van der Waals surface area (Å²) < 4.78 is 129. The van der Waals surface area contributed by atoms with Gasteiger partial charge >= 0.3 is 23.9 Å². The molecule has 4 aliphatic rings. The molecule has 3 saturated carbocycles. The molecular formula is C35H47F9O3S. The maximum Gasteiger partial charge on any atom is 0.460 e. The number of hydrogen-bond acceptors (Lipinski definition) is 3. The summed E-state index contributed by atoms with van der Waals surface area (Å²) >= 11 is 0. The number of alkyl halides is 9. The second-order valence-corrected chi connectivity index (χ2v) is 16.9. The van der Waals surface area contributed by atoms with Crippen LogP contribution in [0.25, 0.3) is 0 Å². The Balaban J connectivity index is 1.03. The Labute approximate surface area is 278 Å². The molecule has 0 heterocycles. The third kappa shape index (κ3) is 6.65. The number of fused-ring (bicyclic) bond motifs is 6. The molecule has 3 nitrogen and oxygen atoms in total. The average Bonchev–Trinajstić information content (AvgIpc) is 3.79. The second-order valence-electron chi connectivity index (χ2n) is 15.2. The summed E-state index contributed by atoms with van der Waals surface area (Å²) in [6, 6.07) is 5.81. The van der Waals surface area contributed by atoms with Gasteiger partial charge in [-0.1, -0.05) is 51.5 Å². The van der Waals surface area contributed by atoms with Gasteiger partial charge in [-0.2, -0.15) is 39.5 Å². The zero-order valence-corrected chi connectivity index (χ0v) is 28.1. The molecule has 2 N–H and O–H groups in total. The minimum atomic E-state index is -6.92. The SMILES string of the molecule is C[C@]12CCC3c4ccc(O)cc4CC(CCCCCCCCCS(=O)CCC(F)(F)C(F)(F)C(F)(F)C(F)(F)F)C3C1C[C@@H](O)C21CC1. The molecule has 0 aliphatic heterocycles. The van der Waals surface area contributed by atoms with Crippen molar-refractivity contribution in [3.8, 4) is 5.75 Å². The first kappa shape index (κ1) is 37.7. The van der Waals surface area contributed by atoms with Crippen molar-refractivity contribution in [2.75, 3.05) is 11.5 Å². The Hall–Kier alpha value is -1.50. The van der Waals surface area contributed by atoms with Gasteiger partial charge in [0.2, 0.25) is 0 Å². The fourth-order valence-corrected chi connectivity index (χ4v) is 11.0. The van der Waals surface area contributed by atoms with Gasteiger partial charge in [0.05, 0.1) is 6.10 Å². The first-order chi connectivity index (χ1) is 22.3. The van der Waals surface area contributed by atoms with Gasteiger partial charge in [-0.3, -0.25) is 4.21 Å². The highest BCUT2D eigenvalue weighted by atomic mass is 32.2. The Morgan fingerprint density at radius 2 is 1.48 bits per heavy atom. The summed E-state index contributed by atoms with van der Waals surface area (Å²) in [7, 11) is -2.06. The predicted octanol–water partition coefficient (Wildman–Crippen LogP) is 9.95. The number of phenolic OH excluding ortho intramolecular Hbond substituents is 1. The summed E-state index contributed by atoms with van der Waals surface area (Å²) in [5, 5.41) is 21.4. The molecule has 0 amide bonds. The molecule has 5 rings (SSSR count). The largest absolute Gasteiger partial charge is 0.508 e. The van der Waals surface area contributed by atoms with Crippen LogP contribution in [-0.2, 0) is 17.2 Å². The van der Waals surface area contributed by atoms with Gasteiger partial charge in [-0.25, -0.2) is 0 Å². The molecule has 1 aromatic carbocycles. The lowest BCUT2D eigenvalue weighted by Gasteiger charge is -2.54. The van der Waals surface area contributed by atoms with Crippen LogP contribution in [0, 0.1) is 28.6 Å². The number of phenols is 1. The molecule has 5 unspecified atom stereocenters. The number of rotatable bonds is 15. The second kappa shape index (κ2) is 13.6. The van der Waals surface area contributed by atoms with E-state index in [1.807, 2.05) is 6.07 Å². The number of hydrogen-bond donors (Lipinski definition) is 2. The minimum Gasteiger partial charge on any atom is -0.508 e. The molecule has 0 bridgehead atoms. The van der Waals surface area contributed by atoms with Crippen molar-refractivity contribution < 1.29 is 53.9 Å². The predicted molar refractivity (Wildman–Crippen MR) is 165 cm³/mol. The van der Waals surface area contributed by atoms with Crippen LogP contribution in [0.2, 0.25) is 0 Å². The van der Waals surface area contributed by atoms with E-state index in [1.165, 1.54) is 11.1 Å². The molecule has 0 aromatic heterocycles. The van der Waals surface area contributed by atoms with Crippen molar-refractivity contribution in [1.29, 1.82) is 0 Å². The third-order valence-electron chi connectivity index (χ3n) is 12.6. The van der Waals surface area contributed by atoms with E-state index in [0.29, 0.717) is 36.5 Å². The molecular weight excluding hydrogens is 671 g/mol. The molecule has 4 aliphatic carbocycles. The number of aromatic hydroxyl groups is 1. The van der Waals surface area contributed by atoms with E-state index >= 15 is 0 Å². The van der Waals surface area contributed by atoms with E-state index < -0.39 is 46.9 Å². The van der Waals surface area contributed by atoms with Crippen LogP contribution in [0.4, 0.5) is 39.5 Å². The van der Waals surface area contributed by atoms with Gasteiger partial charge in [-0.05, 0) is 104 Å². The Kier molecular flexibility index (Phi) is 10.7. The third-order valence-corrected chi connectivity index (χ3v) is 14.0. The summed E-state index contributed by atoms with van der Waals surface area (Å²) in [5.41, 5.74) is 2.84. The van der Waals surface area contributed by atoms with E-state index in [4.69, 9.17) is 0 Å². The number of benzene rings is 1. The Morgan fingerprint density at radius 1 is 0.854 bits per heavy atom. The highest BCUT2D eigenvalue weighted by Gasteiger charge is 2.81. The fraction of sp³-hybridized carbons (Fsp3) is 0.829. The number of aliphatic hydroxyl groups is 1. The topological polar surface area (TPSA) is 57.5 Å². The lowest BCUT2D eigenvalue weighted by Crippen LogP contribution is -2.61. The average molecular weight is 719 g/mol. The maximum absolute atomic E-state index is 13.7. The molecule has 13 heteroatoms. The highest BCUT2D eigenvalue weighted by molar-refractivity contribution is 7.84. The zero-order valence-electron chi connectivity index (χ0n) is 27.3. The highest BCUT2D eigenvalue weighted by Crippen LogP contribution is 2.76. The van der Waals surface area contributed by atoms with Crippen LogP contribution >= 0.6 is 0 Å². The fourth-order valence-electron chi connectivity index (χ4n) is 9.79. The van der Waals surface area contributed by atoms with E-state index in [2.05, 4.69) is 13.0 Å². The summed E-state index contributed by atoms with van der Waals surface area (Å²) in [5.74, 6) is -18.3. The number of halogens is 9. The lowest BCUT2D eigenvalue weighted by atomic mass is 9.50. The zero-order chi connectivity index (χ0) is 35.3. The van der Waals surface area contributed by atoms with Crippen LogP contribution in [0.3, 0.4) is 0 Å². The Morgan fingerprint density at radius 3 is 2.10 bits per heavy atom. The van der Waals surface area contributed by atoms with Crippen LogP contribution in [0.1, 0.15) is 114 Å². The van der Waals surface area contributed by atoms with Crippen molar-refractivity contribution in [3.63, 3.8) is 0 Å². The molecule has 1 spiro atoms. The molecule has 7 atom stereocenters. The van der Waals surface area contributed by atoms with Crippen molar-refractivity contribution in [2.45, 2.75) is 139 Å².